The fourth-order valence-corrected chi connectivity index (χ4v) is 5.15. The lowest BCUT2D eigenvalue weighted by Gasteiger charge is -2.35. The number of carbonyl (C=O) groups is 3. The lowest BCUT2D eigenvalue weighted by Crippen LogP contribution is -2.57. The van der Waals surface area contributed by atoms with Crippen LogP contribution in [-0.4, -0.2) is 41.8 Å². The number of ether oxygens (including phenoxy) is 1. The van der Waals surface area contributed by atoms with E-state index in [1.807, 2.05) is 38.1 Å². The Balaban J connectivity index is 1.42. The number of carbonyl (C=O) groups excluding carboxylic acids is 2. The highest BCUT2D eigenvalue weighted by molar-refractivity contribution is 5.87. The molecule has 7 heteroatoms. The summed E-state index contributed by atoms with van der Waals surface area (Å²) >= 11 is 0. The summed E-state index contributed by atoms with van der Waals surface area (Å²) in [6.07, 6.45) is 1.02. The van der Waals surface area contributed by atoms with Gasteiger partial charge in [-0.25, -0.2) is 4.79 Å². The Morgan fingerprint density at radius 2 is 1.51 bits per heavy atom. The fourth-order valence-electron chi connectivity index (χ4n) is 5.15. The van der Waals surface area contributed by atoms with Gasteiger partial charge < -0.3 is 20.5 Å². The topological polar surface area (TPSA) is 105 Å². The molecular formula is C28H34N2O5. The Morgan fingerprint density at radius 3 is 2.00 bits per heavy atom. The highest BCUT2D eigenvalue weighted by Gasteiger charge is 2.43. The number of rotatable bonds is 9. The van der Waals surface area contributed by atoms with Gasteiger partial charge in [-0.1, -0.05) is 62.4 Å². The van der Waals surface area contributed by atoms with Crippen molar-refractivity contribution in [2.45, 2.75) is 58.5 Å². The van der Waals surface area contributed by atoms with E-state index in [0.29, 0.717) is 0 Å². The van der Waals surface area contributed by atoms with Crippen LogP contribution in [0.5, 0.6) is 0 Å². The highest BCUT2D eigenvalue weighted by atomic mass is 16.5. The largest absolute Gasteiger partial charge is 0.481 e. The molecule has 35 heavy (non-hydrogen) atoms. The van der Waals surface area contributed by atoms with E-state index in [0.717, 1.165) is 35.1 Å². The van der Waals surface area contributed by atoms with E-state index in [1.165, 1.54) is 0 Å². The summed E-state index contributed by atoms with van der Waals surface area (Å²) in [7, 11) is 0. The van der Waals surface area contributed by atoms with E-state index < -0.39 is 29.6 Å². The van der Waals surface area contributed by atoms with Crippen molar-refractivity contribution in [3.05, 3.63) is 59.7 Å². The Kier molecular flexibility index (Phi) is 6.88. The quantitative estimate of drug-likeness (QED) is 0.490. The van der Waals surface area contributed by atoms with Crippen molar-refractivity contribution in [3.63, 3.8) is 0 Å². The van der Waals surface area contributed by atoms with Gasteiger partial charge in [0.05, 0.1) is 5.41 Å². The molecule has 2 atom stereocenters. The minimum Gasteiger partial charge on any atom is -0.481 e. The van der Waals surface area contributed by atoms with Crippen LogP contribution in [0, 0.1) is 17.3 Å². The van der Waals surface area contributed by atoms with Gasteiger partial charge in [0.15, 0.2) is 0 Å². The minimum absolute atomic E-state index is 0.0243. The molecule has 0 spiro atoms. The second-order valence-corrected chi connectivity index (χ2v) is 10.5. The summed E-state index contributed by atoms with van der Waals surface area (Å²) in [5, 5.41) is 15.3. The van der Waals surface area contributed by atoms with Crippen LogP contribution in [0.2, 0.25) is 0 Å². The molecule has 2 aliphatic rings. The van der Waals surface area contributed by atoms with E-state index in [2.05, 4.69) is 34.9 Å². The molecule has 2 aromatic rings. The van der Waals surface area contributed by atoms with Crippen LogP contribution in [0.1, 0.15) is 57.6 Å². The van der Waals surface area contributed by atoms with Crippen LogP contribution in [0.4, 0.5) is 4.79 Å². The van der Waals surface area contributed by atoms with Crippen LogP contribution >= 0.6 is 0 Å². The third kappa shape index (κ3) is 5.04. The number of hydrogen-bond acceptors (Lipinski definition) is 4. The maximum atomic E-state index is 13.2. The third-order valence-corrected chi connectivity index (χ3v) is 7.29. The first kappa shape index (κ1) is 24.8. The zero-order valence-electron chi connectivity index (χ0n) is 20.7. The summed E-state index contributed by atoms with van der Waals surface area (Å²) < 4.78 is 5.63. The van der Waals surface area contributed by atoms with Crippen LogP contribution in [0.25, 0.3) is 11.1 Å². The van der Waals surface area contributed by atoms with Gasteiger partial charge in [-0.05, 0) is 60.8 Å². The summed E-state index contributed by atoms with van der Waals surface area (Å²) in [4.78, 5) is 37.7. The summed E-state index contributed by atoms with van der Waals surface area (Å²) in [6, 6.07) is 14.9. The molecule has 2 aliphatic carbocycles. The van der Waals surface area contributed by atoms with Crippen molar-refractivity contribution in [1.29, 1.82) is 0 Å². The van der Waals surface area contributed by atoms with Crippen molar-refractivity contribution in [2.75, 3.05) is 6.61 Å². The normalized spacial score (nSPS) is 16.7. The van der Waals surface area contributed by atoms with Crippen LogP contribution in [0.3, 0.4) is 0 Å². The lowest BCUT2D eigenvalue weighted by molar-refractivity contribution is -0.150. The molecule has 0 aliphatic heterocycles. The molecule has 2 aromatic carbocycles. The van der Waals surface area contributed by atoms with Crippen LogP contribution in [-0.2, 0) is 14.3 Å². The monoisotopic (exact) mass is 478 g/mol. The number of hydrogen-bond donors (Lipinski definition) is 3. The van der Waals surface area contributed by atoms with Crippen molar-refractivity contribution in [2.24, 2.45) is 17.3 Å². The van der Waals surface area contributed by atoms with E-state index >= 15 is 0 Å². The molecule has 0 aromatic heterocycles. The lowest BCUT2D eigenvalue weighted by atomic mass is 9.78. The number of amides is 2. The Hall–Kier alpha value is -3.35. The first-order valence-electron chi connectivity index (χ1n) is 12.3. The number of alkyl carbamates (subject to hydrolysis) is 1. The van der Waals surface area contributed by atoms with Crippen molar-refractivity contribution in [1.82, 2.24) is 10.6 Å². The van der Waals surface area contributed by atoms with Crippen molar-refractivity contribution < 1.29 is 24.2 Å². The van der Waals surface area contributed by atoms with Crippen LogP contribution < -0.4 is 10.6 Å². The molecule has 0 bridgehead atoms. The van der Waals surface area contributed by atoms with Crippen LogP contribution in [0.15, 0.2) is 48.5 Å². The second-order valence-electron chi connectivity index (χ2n) is 10.5. The smallest absolute Gasteiger partial charge is 0.407 e. The average molecular weight is 479 g/mol. The molecule has 2 unspecified atom stereocenters. The number of carboxylic acids is 1. The van der Waals surface area contributed by atoms with Crippen molar-refractivity contribution in [3.8, 4) is 11.1 Å². The van der Waals surface area contributed by atoms with Gasteiger partial charge in [-0.15, -0.1) is 0 Å². The Bertz CT molecular complexity index is 1080. The first-order valence-corrected chi connectivity index (χ1v) is 12.3. The zero-order valence-corrected chi connectivity index (χ0v) is 20.7. The van der Waals surface area contributed by atoms with E-state index in [9.17, 15) is 19.5 Å². The fraction of sp³-hybridized carbons (Fsp3) is 0.464. The van der Waals surface area contributed by atoms with Gasteiger partial charge in [0, 0.05) is 12.0 Å². The SMILES string of the molecule is CC(C)C(NC(=O)C(NC(=O)OCC1c2ccccc2-c2ccccc21)C1CC1)C(C)(C)C(=O)O. The van der Waals surface area contributed by atoms with Gasteiger partial charge in [0.2, 0.25) is 5.91 Å². The number of aliphatic carboxylic acids is 1. The van der Waals surface area contributed by atoms with Crippen molar-refractivity contribution >= 4 is 18.0 Å². The maximum absolute atomic E-state index is 13.2. The molecular weight excluding hydrogens is 444 g/mol. The summed E-state index contributed by atoms with van der Waals surface area (Å²) in [5.41, 5.74) is 3.38. The number of fused-ring (bicyclic) bond motifs is 3. The van der Waals surface area contributed by atoms with Gasteiger partial charge in [0.25, 0.3) is 0 Å². The first-order chi connectivity index (χ1) is 16.6. The zero-order chi connectivity index (χ0) is 25.3. The molecule has 2 amide bonds. The molecule has 4 rings (SSSR count). The van der Waals surface area contributed by atoms with E-state index in [-0.39, 0.29) is 30.3 Å². The maximum Gasteiger partial charge on any atom is 0.407 e. The van der Waals surface area contributed by atoms with Gasteiger partial charge in [-0.3, -0.25) is 9.59 Å². The summed E-state index contributed by atoms with van der Waals surface area (Å²) in [5.74, 6) is -1.49. The van der Waals surface area contributed by atoms with E-state index in [4.69, 9.17) is 4.74 Å². The molecule has 1 saturated carbocycles. The van der Waals surface area contributed by atoms with E-state index in [1.54, 1.807) is 13.8 Å². The molecule has 3 N–H and O–H groups in total. The number of benzene rings is 2. The second kappa shape index (κ2) is 9.72. The predicted molar refractivity (Wildman–Crippen MR) is 133 cm³/mol. The standard InChI is InChI=1S/C28H34N2O5/c1-16(2)24(28(3,4)26(32)33)30-25(31)23(17-13-14-17)29-27(34)35-15-22-20-11-7-5-9-18(20)19-10-6-8-12-21(19)22/h5-12,16-17,22-24H,13-15H2,1-4H3,(H,29,34)(H,30,31)(H,32,33). The molecule has 1 fully saturated rings. The van der Waals surface area contributed by atoms with Gasteiger partial charge in [-0.2, -0.15) is 0 Å². The Morgan fingerprint density at radius 1 is 0.971 bits per heavy atom. The average Bonchev–Trinajstić information content (AvgIpc) is 3.61. The highest BCUT2D eigenvalue weighted by Crippen LogP contribution is 2.44. The molecule has 7 nitrogen and oxygen atoms in total. The Labute approximate surface area is 206 Å². The minimum atomic E-state index is -1.15. The van der Waals surface area contributed by atoms with Gasteiger partial charge in [0.1, 0.15) is 12.6 Å². The predicted octanol–water partition coefficient (Wildman–Crippen LogP) is 4.56. The molecule has 186 valence electrons. The third-order valence-electron chi connectivity index (χ3n) is 7.29. The summed E-state index contributed by atoms with van der Waals surface area (Å²) in [6.45, 7) is 7.12. The number of carboxylic acid groups (broad SMARTS) is 1. The number of nitrogens with one attached hydrogen (secondary N) is 2. The molecule has 0 radical (unpaired) electrons. The molecule has 0 saturated heterocycles. The molecule has 0 heterocycles. The van der Waals surface area contributed by atoms with Gasteiger partial charge >= 0.3 is 12.1 Å².